The Labute approximate surface area is 126 Å². The van der Waals surface area contributed by atoms with E-state index in [0.29, 0.717) is 6.42 Å². The molecule has 7 nitrogen and oxygen atoms in total. The average molecular weight is 309 g/mol. The van der Waals surface area contributed by atoms with Crippen molar-refractivity contribution in [1.29, 1.82) is 0 Å². The normalized spacial score (nSPS) is 27.9. The summed E-state index contributed by atoms with van der Waals surface area (Å²) in [6.45, 7) is 7.91. The molecule has 0 bridgehead atoms. The van der Waals surface area contributed by atoms with E-state index in [9.17, 15) is 4.79 Å². The van der Waals surface area contributed by atoms with E-state index in [4.69, 9.17) is 25.2 Å². The minimum atomic E-state index is -1.11. The summed E-state index contributed by atoms with van der Waals surface area (Å²) >= 11 is 0. The van der Waals surface area contributed by atoms with Gasteiger partial charge in [0.1, 0.15) is 12.2 Å². The number of ether oxygens (including phenoxy) is 1. The zero-order valence-corrected chi connectivity index (χ0v) is 13.6. The molecule has 5 N–H and O–H groups in total. The zero-order chi connectivity index (χ0) is 17.0. The number of hydrogen-bond acceptors (Lipinski definition) is 6. The molecule has 0 saturated carbocycles. The van der Waals surface area contributed by atoms with E-state index >= 15 is 0 Å². The molecule has 1 rings (SSSR count). The maximum Gasteiger partial charge on any atom is 0.219 e. The van der Waals surface area contributed by atoms with Gasteiger partial charge in [0.25, 0.3) is 0 Å². The molecular formula is C14H31NO6. The number of carbonyl (C=O) groups is 1. The molecule has 1 aliphatic rings. The number of carbonyl (C=O) groups excluding carboxylic acids is 1. The predicted molar refractivity (Wildman–Crippen MR) is 79.5 cm³/mol. The van der Waals surface area contributed by atoms with Crippen LogP contribution in [0.5, 0.6) is 0 Å². The van der Waals surface area contributed by atoms with Crippen molar-refractivity contribution in [2.45, 2.75) is 65.1 Å². The number of rotatable bonds is 2. The Bertz CT molecular complexity index is 253. The number of aliphatic hydroxyl groups is 4. The topological polar surface area (TPSA) is 119 Å². The SMILES string of the molecule is CC(C)C.CCC(=O)NC.OCC1OC(O)CC(O)C1O. The predicted octanol–water partition coefficient (Wildman–Crippen LogP) is -0.387. The fourth-order valence-corrected chi connectivity index (χ4v) is 1.26. The fraction of sp³-hybridized carbons (Fsp3) is 0.929. The quantitative estimate of drug-likeness (QED) is 0.474. The van der Waals surface area contributed by atoms with Crippen LogP contribution in [0.15, 0.2) is 0 Å². The van der Waals surface area contributed by atoms with Gasteiger partial charge in [0.05, 0.1) is 12.7 Å². The van der Waals surface area contributed by atoms with Crippen LogP contribution >= 0.6 is 0 Å². The Morgan fingerprint density at radius 2 is 1.76 bits per heavy atom. The summed E-state index contributed by atoms with van der Waals surface area (Å²) in [5.74, 6) is 0.926. The second-order valence-electron chi connectivity index (χ2n) is 5.36. The molecule has 0 radical (unpaired) electrons. The molecule has 0 aromatic heterocycles. The monoisotopic (exact) mass is 309 g/mol. The van der Waals surface area contributed by atoms with Crippen LogP contribution in [0.25, 0.3) is 0 Å². The molecule has 21 heavy (non-hydrogen) atoms. The Hall–Kier alpha value is -0.730. The maximum atomic E-state index is 10.1. The van der Waals surface area contributed by atoms with Gasteiger partial charge in [-0.15, -0.1) is 0 Å². The molecule has 1 fully saturated rings. The van der Waals surface area contributed by atoms with Gasteiger partial charge in [0.15, 0.2) is 6.29 Å². The Balaban J connectivity index is 0. The second-order valence-corrected chi connectivity index (χ2v) is 5.36. The van der Waals surface area contributed by atoms with E-state index in [1.165, 1.54) is 0 Å². The van der Waals surface area contributed by atoms with E-state index in [2.05, 4.69) is 26.1 Å². The molecule has 4 atom stereocenters. The van der Waals surface area contributed by atoms with Gasteiger partial charge < -0.3 is 30.5 Å². The Morgan fingerprint density at radius 1 is 1.29 bits per heavy atom. The molecule has 128 valence electrons. The first-order valence-corrected chi connectivity index (χ1v) is 7.20. The maximum absolute atomic E-state index is 10.1. The lowest BCUT2D eigenvalue weighted by Gasteiger charge is -2.33. The minimum Gasteiger partial charge on any atom is -0.394 e. The van der Waals surface area contributed by atoms with Gasteiger partial charge >= 0.3 is 0 Å². The molecule has 0 aromatic carbocycles. The van der Waals surface area contributed by atoms with Crippen LogP contribution < -0.4 is 5.32 Å². The summed E-state index contributed by atoms with van der Waals surface area (Å²) in [5, 5.41) is 38.1. The second kappa shape index (κ2) is 13.0. The van der Waals surface area contributed by atoms with Gasteiger partial charge in [-0.25, -0.2) is 0 Å². The van der Waals surface area contributed by atoms with Crippen LogP contribution in [0.3, 0.4) is 0 Å². The molecule has 0 aliphatic carbocycles. The molecule has 0 aromatic rings. The van der Waals surface area contributed by atoms with E-state index in [0.717, 1.165) is 5.92 Å². The average Bonchev–Trinajstić information content (AvgIpc) is 2.41. The molecule has 1 heterocycles. The number of hydrogen-bond donors (Lipinski definition) is 5. The van der Waals surface area contributed by atoms with Crippen LogP contribution in [0.2, 0.25) is 0 Å². The molecule has 7 heteroatoms. The van der Waals surface area contributed by atoms with Crippen LogP contribution in [0.4, 0.5) is 0 Å². The van der Waals surface area contributed by atoms with Gasteiger partial charge in [-0.3, -0.25) is 4.79 Å². The van der Waals surface area contributed by atoms with Crippen molar-refractivity contribution in [1.82, 2.24) is 5.32 Å². The van der Waals surface area contributed by atoms with Crippen molar-refractivity contribution < 1.29 is 30.0 Å². The van der Waals surface area contributed by atoms with E-state index in [1.807, 2.05) is 6.92 Å². The first-order chi connectivity index (χ1) is 9.69. The highest BCUT2D eigenvalue weighted by atomic mass is 16.6. The van der Waals surface area contributed by atoms with E-state index < -0.39 is 31.2 Å². The van der Waals surface area contributed by atoms with Crippen molar-refractivity contribution in [2.24, 2.45) is 5.92 Å². The lowest BCUT2D eigenvalue weighted by molar-refractivity contribution is -0.239. The van der Waals surface area contributed by atoms with Crippen molar-refractivity contribution in [3.05, 3.63) is 0 Å². The van der Waals surface area contributed by atoms with Gasteiger partial charge in [-0.05, 0) is 5.92 Å². The zero-order valence-electron chi connectivity index (χ0n) is 13.6. The summed E-state index contributed by atoms with van der Waals surface area (Å²) in [6, 6.07) is 0. The van der Waals surface area contributed by atoms with Crippen LogP contribution in [0, 0.1) is 5.92 Å². The van der Waals surface area contributed by atoms with Gasteiger partial charge in [-0.1, -0.05) is 27.7 Å². The summed E-state index contributed by atoms with van der Waals surface area (Å²) in [5.41, 5.74) is 0. The van der Waals surface area contributed by atoms with Crippen LogP contribution in [-0.4, -0.2) is 64.6 Å². The summed E-state index contributed by atoms with van der Waals surface area (Å²) in [6.07, 6.45) is -3.53. The molecule has 0 spiro atoms. The number of amides is 1. The third kappa shape index (κ3) is 12.7. The molecule has 1 aliphatic heterocycles. The highest BCUT2D eigenvalue weighted by Crippen LogP contribution is 2.18. The Kier molecular flexibility index (Phi) is 13.9. The first kappa shape index (κ1) is 22.5. The highest BCUT2D eigenvalue weighted by molar-refractivity contribution is 5.74. The molecular weight excluding hydrogens is 278 g/mol. The van der Waals surface area contributed by atoms with Crippen LogP contribution in [-0.2, 0) is 9.53 Å². The molecule has 1 saturated heterocycles. The van der Waals surface area contributed by atoms with Gasteiger partial charge in [0.2, 0.25) is 5.91 Å². The lowest BCUT2D eigenvalue weighted by Crippen LogP contribution is -2.49. The lowest BCUT2D eigenvalue weighted by atomic mass is 10.0. The smallest absolute Gasteiger partial charge is 0.219 e. The summed E-state index contributed by atoms with van der Waals surface area (Å²) in [7, 11) is 1.63. The third-order valence-electron chi connectivity index (χ3n) is 2.33. The number of nitrogens with one attached hydrogen (secondary N) is 1. The van der Waals surface area contributed by atoms with Crippen molar-refractivity contribution in [2.75, 3.05) is 13.7 Å². The van der Waals surface area contributed by atoms with Gasteiger partial charge in [-0.2, -0.15) is 0 Å². The fourth-order valence-electron chi connectivity index (χ4n) is 1.26. The van der Waals surface area contributed by atoms with Crippen LogP contribution in [0.1, 0.15) is 40.5 Å². The van der Waals surface area contributed by atoms with Crippen molar-refractivity contribution in [3.8, 4) is 0 Å². The van der Waals surface area contributed by atoms with E-state index in [1.54, 1.807) is 7.05 Å². The molecule has 1 amide bonds. The summed E-state index contributed by atoms with van der Waals surface area (Å²) < 4.78 is 4.71. The standard InChI is InChI=1S/C6H12O5.C4H9NO.C4H10/c7-2-4-6(10)3(8)1-5(9)11-4;1-3-4(6)5-2;1-4(2)3/h3-10H,1-2H2;3H2,1-2H3,(H,5,6);4H,1-3H3. The number of aliphatic hydroxyl groups excluding tert-OH is 4. The Morgan fingerprint density at radius 3 is 2.05 bits per heavy atom. The van der Waals surface area contributed by atoms with Gasteiger partial charge in [0, 0.05) is 19.9 Å². The molecule has 4 unspecified atom stereocenters. The third-order valence-corrected chi connectivity index (χ3v) is 2.33. The van der Waals surface area contributed by atoms with Crippen molar-refractivity contribution >= 4 is 5.91 Å². The largest absolute Gasteiger partial charge is 0.394 e. The highest BCUT2D eigenvalue weighted by Gasteiger charge is 2.35. The van der Waals surface area contributed by atoms with Crippen molar-refractivity contribution in [3.63, 3.8) is 0 Å². The first-order valence-electron chi connectivity index (χ1n) is 7.20. The minimum absolute atomic E-state index is 0.0162. The van der Waals surface area contributed by atoms with E-state index in [-0.39, 0.29) is 12.3 Å². The summed E-state index contributed by atoms with van der Waals surface area (Å²) in [4.78, 5) is 10.1.